The predicted molar refractivity (Wildman–Crippen MR) is 105 cm³/mol. The van der Waals surface area contributed by atoms with Crippen molar-refractivity contribution in [2.75, 3.05) is 0 Å². The summed E-state index contributed by atoms with van der Waals surface area (Å²) >= 11 is 0. The number of hydrogen-bond acceptors (Lipinski definition) is 3. The summed E-state index contributed by atoms with van der Waals surface area (Å²) in [5.74, 6) is -0.174. The molecule has 0 heterocycles. The smallest absolute Gasteiger partial charge is 0.308 e. The van der Waals surface area contributed by atoms with Crippen molar-refractivity contribution in [2.45, 2.75) is 19.9 Å². The molecule has 0 aliphatic heterocycles. The molecule has 0 aliphatic carbocycles. The number of carbonyl (C=O) groups is 2. The third-order valence-electron chi connectivity index (χ3n) is 4.20. The Morgan fingerprint density at radius 2 is 1.41 bits per heavy atom. The molecule has 27 heavy (non-hydrogen) atoms. The van der Waals surface area contributed by atoms with Gasteiger partial charge in [0.25, 0.3) is 5.91 Å². The first kappa shape index (κ1) is 18.4. The summed E-state index contributed by atoms with van der Waals surface area (Å²) in [6.45, 7) is 3.37. The van der Waals surface area contributed by atoms with Gasteiger partial charge in [0.15, 0.2) is 0 Å². The SMILES string of the molecule is CC(=O)Oc1ccc(C(=O)NC(c2ccccc2)c2ccc(C)cc2)cc1. The minimum atomic E-state index is -0.393. The van der Waals surface area contributed by atoms with Crippen molar-refractivity contribution in [3.63, 3.8) is 0 Å². The van der Waals surface area contributed by atoms with Gasteiger partial charge in [0.2, 0.25) is 0 Å². The molecule has 1 N–H and O–H groups in total. The maximum atomic E-state index is 12.8. The highest BCUT2D eigenvalue weighted by atomic mass is 16.5. The highest BCUT2D eigenvalue weighted by molar-refractivity contribution is 5.94. The molecular formula is C23H21NO3. The molecule has 0 aromatic heterocycles. The van der Waals surface area contributed by atoms with Crippen LogP contribution in [0.25, 0.3) is 0 Å². The third-order valence-corrected chi connectivity index (χ3v) is 4.20. The van der Waals surface area contributed by atoms with E-state index in [4.69, 9.17) is 4.74 Å². The van der Waals surface area contributed by atoms with Gasteiger partial charge in [-0.1, -0.05) is 60.2 Å². The van der Waals surface area contributed by atoms with E-state index in [0.29, 0.717) is 11.3 Å². The molecule has 3 aromatic carbocycles. The van der Waals surface area contributed by atoms with Crippen LogP contribution >= 0.6 is 0 Å². The Hall–Kier alpha value is -3.40. The van der Waals surface area contributed by atoms with E-state index in [0.717, 1.165) is 16.7 Å². The first-order valence-corrected chi connectivity index (χ1v) is 8.74. The molecule has 1 unspecified atom stereocenters. The maximum absolute atomic E-state index is 12.8. The van der Waals surface area contributed by atoms with Gasteiger partial charge >= 0.3 is 5.97 Å². The number of carbonyl (C=O) groups excluding carboxylic acids is 2. The summed E-state index contributed by atoms with van der Waals surface area (Å²) in [6.07, 6.45) is 0. The van der Waals surface area contributed by atoms with E-state index in [1.54, 1.807) is 24.3 Å². The Labute approximate surface area is 158 Å². The van der Waals surface area contributed by atoms with Gasteiger partial charge in [0, 0.05) is 12.5 Å². The Balaban J connectivity index is 1.84. The van der Waals surface area contributed by atoms with Gasteiger partial charge in [-0.25, -0.2) is 0 Å². The largest absolute Gasteiger partial charge is 0.427 e. The highest BCUT2D eigenvalue weighted by Crippen LogP contribution is 2.23. The fourth-order valence-electron chi connectivity index (χ4n) is 2.82. The maximum Gasteiger partial charge on any atom is 0.308 e. The molecule has 0 bridgehead atoms. The Bertz CT molecular complexity index is 916. The first-order valence-electron chi connectivity index (χ1n) is 8.74. The van der Waals surface area contributed by atoms with E-state index < -0.39 is 5.97 Å². The zero-order chi connectivity index (χ0) is 19.2. The predicted octanol–water partition coefficient (Wildman–Crippen LogP) is 4.44. The minimum absolute atomic E-state index is 0.196. The highest BCUT2D eigenvalue weighted by Gasteiger charge is 2.17. The minimum Gasteiger partial charge on any atom is -0.427 e. The number of ether oxygens (including phenoxy) is 1. The van der Waals surface area contributed by atoms with Gasteiger partial charge in [-0.05, 0) is 42.3 Å². The van der Waals surface area contributed by atoms with Crippen LogP contribution in [0.1, 0.15) is 40.0 Å². The summed E-state index contributed by atoms with van der Waals surface area (Å²) in [7, 11) is 0. The zero-order valence-corrected chi connectivity index (χ0v) is 15.3. The number of esters is 1. The van der Waals surface area contributed by atoms with Crippen molar-refractivity contribution in [1.82, 2.24) is 5.32 Å². The van der Waals surface area contributed by atoms with Gasteiger partial charge in [0.05, 0.1) is 6.04 Å². The summed E-state index contributed by atoms with van der Waals surface area (Å²) < 4.78 is 5.01. The van der Waals surface area contributed by atoms with Gasteiger partial charge in [-0.2, -0.15) is 0 Å². The second kappa shape index (κ2) is 8.32. The zero-order valence-electron chi connectivity index (χ0n) is 15.3. The number of hydrogen-bond donors (Lipinski definition) is 1. The number of rotatable bonds is 5. The molecule has 0 radical (unpaired) electrons. The summed E-state index contributed by atoms with van der Waals surface area (Å²) in [6, 6.07) is 24.2. The fraction of sp³-hybridized carbons (Fsp3) is 0.130. The lowest BCUT2D eigenvalue weighted by Crippen LogP contribution is -2.29. The lowest BCUT2D eigenvalue weighted by Gasteiger charge is -2.20. The number of amides is 1. The number of nitrogens with one attached hydrogen (secondary N) is 1. The second-order valence-electron chi connectivity index (χ2n) is 6.35. The molecule has 0 saturated heterocycles. The molecule has 136 valence electrons. The molecule has 0 saturated carbocycles. The molecule has 4 heteroatoms. The van der Waals surface area contributed by atoms with Crippen LogP contribution in [0, 0.1) is 6.92 Å². The Morgan fingerprint density at radius 1 is 0.815 bits per heavy atom. The molecular weight excluding hydrogens is 338 g/mol. The van der Waals surface area contributed by atoms with Crippen molar-refractivity contribution in [1.29, 1.82) is 0 Å². The van der Waals surface area contributed by atoms with Crippen molar-refractivity contribution in [3.8, 4) is 5.75 Å². The van der Waals surface area contributed by atoms with Crippen LogP contribution in [0.3, 0.4) is 0 Å². The van der Waals surface area contributed by atoms with Crippen molar-refractivity contribution < 1.29 is 14.3 Å². The summed E-state index contributed by atoms with van der Waals surface area (Å²) in [4.78, 5) is 23.8. The summed E-state index contributed by atoms with van der Waals surface area (Å²) in [5, 5.41) is 3.10. The van der Waals surface area contributed by atoms with E-state index in [2.05, 4.69) is 5.32 Å². The standard InChI is InChI=1S/C23H21NO3/c1-16-8-10-19(11-9-16)22(18-6-4-3-5-7-18)24-23(26)20-12-14-21(15-13-20)27-17(2)25/h3-15,22H,1-2H3,(H,24,26). The topological polar surface area (TPSA) is 55.4 Å². The number of benzene rings is 3. The molecule has 1 atom stereocenters. The lowest BCUT2D eigenvalue weighted by molar-refractivity contribution is -0.131. The van der Waals surface area contributed by atoms with Crippen LogP contribution in [0.5, 0.6) is 5.75 Å². The summed E-state index contributed by atoms with van der Waals surface area (Å²) in [5.41, 5.74) is 3.68. The first-order chi connectivity index (χ1) is 13.0. The van der Waals surface area contributed by atoms with Crippen molar-refractivity contribution in [2.24, 2.45) is 0 Å². The third kappa shape index (κ3) is 4.82. The van der Waals surface area contributed by atoms with E-state index in [-0.39, 0.29) is 11.9 Å². The Morgan fingerprint density at radius 3 is 2.00 bits per heavy atom. The number of aryl methyl sites for hydroxylation is 1. The second-order valence-corrected chi connectivity index (χ2v) is 6.35. The van der Waals surface area contributed by atoms with Gasteiger partial charge in [0.1, 0.15) is 5.75 Å². The molecule has 0 spiro atoms. The van der Waals surface area contributed by atoms with Crippen LogP contribution in [-0.2, 0) is 4.79 Å². The molecule has 0 fully saturated rings. The van der Waals surface area contributed by atoms with Crippen LogP contribution in [0.15, 0.2) is 78.9 Å². The molecule has 3 rings (SSSR count). The van der Waals surface area contributed by atoms with Gasteiger partial charge < -0.3 is 10.1 Å². The van der Waals surface area contributed by atoms with Crippen LogP contribution < -0.4 is 10.1 Å². The molecule has 4 nitrogen and oxygen atoms in total. The van der Waals surface area contributed by atoms with Crippen molar-refractivity contribution >= 4 is 11.9 Å². The van der Waals surface area contributed by atoms with Crippen molar-refractivity contribution in [3.05, 3.63) is 101 Å². The van der Waals surface area contributed by atoms with Crippen LogP contribution in [0.2, 0.25) is 0 Å². The van der Waals surface area contributed by atoms with Crippen LogP contribution in [0.4, 0.5) is 0 Å². The van der Waals surface area contributed by atoms with E-state index >= 15 is 0 Å². The van der Waals surface area contributed by atoms with Crippen LogP contribution in [-0.4, -0.2) is 11.9 Å². The fourth-order valence-corrected chi connectivity index (χ4v) is 2.82. The monoisotopic (exact) mass is 359 g/mol. The average molecular weight is 359 g/mol. The van der Waals surface area contributed by atoms with Gasteiger partial charge in [-0.3, -0.25) is 9.59 Å². The van der Waals surface area contributed by atoms with E-state index in [9.17, 15) is 9.59 Å². The molecule has 3 aromatic rings. The van der Waals surface area contributed by atoms with E-state index in [1.807, 2.05) is 61.5 Å². The molecule has 0 aliphatic rings. The normalized spacial score (nSPS) is 11.5. The lowest BCUT2D eigenvalue weighted by atomic mass is 9.97. The molecule has 1 amide bonds. The van der Waals surface area contributed by atoms with E-state index in [1.165, 1.54) is 6.92 Å². The average Bonchev–Trinajstić information content (AvgIpc) is 2.67. The Kier molecular flexibility index (Phi) is 5.67. The van der Waals surface area contributed by atoms with Gasteiger partial charge in [-0.15, -0.1) is 0 Å². The quantitative estimate of drug-likeness (QED) is 0.541.